The van der Waals surface area contributed by atoms with Crippen molar-refractivity contribution in [3.8, 4) is 5.75 Å². The van der Waals surface area contributed by atoms with E-state index in [2.05, 4.69) is 36.2 Å². The second-order valence-corrected chi connectivity index (χ2v) is 11.4. The number of ether oxygens (including phenoxy) is 2. The lowest BCUT2D eigenvalue weighted by atomic mass is 10.1. The molecular weight excluding hydrogens is 634 g/mol. The maximum Gasteiger partial charge on any atom is 0.251 e. The number of anilines is 5. The fraction of sp³-hybridized carbons (Fsp3) is 0.237. The Morgan fingerprint density at radius 3 is 1.92 bits per heavy atom. The van der Waals surface area contributed by atoms with Crippen LogP contribution in [-0.2, 0) is 16.0 Å². The zero-order valence-corrected chi connectivity index (χ0v) is 27.9. The summed E-state index contributed by atoms with van der Waals surface area (Å²) in [5.41, 5.74) is 4.80. The first-order chi connectivity index (χ1) is 24.4. The summed E-state index contributed by atoms with van der Waals surface area (Å²) in [5, 5.41) is 22.1. The number of aromatic nitrogens is 3. The third kappa shape index (κ3) is 11.7. The predicted molar refractivity (Wildman–Crippen MR) is 193 cm³/mol. The van der Waals surface area contributed by atoms with E-state index in [1.807, 2.05) is 61.5 Å². The van der Waals surface area contributed by atoms with Crippen LogP contribution in [0.4, 0.5) is 29.2 Å². The molecule has 1 aromatic heterocycles. The van der Waals surface area contributed by atoms with E-state index in [4.69, 9.17) is 9.47 Å². The van der Waals surface area contributed by atoms with Gasteiger partial charge in [-0.2, -0.15) is 15.0 Å². The average Bonchev–Trinajstić information content (AvgIpc) is 3.13. The first-order valence-electron chi connectivity index (χ1n) is 16.4. The minimum Gasteiger partial charge on any atom is -0.508 e. The molecule has 12 nitrogen and oxygen atoms in total. The smallest absolute Gasteiger partial charge is 0.251 e. The quantitative estimate of drug-likeness (QED) is 0.0374. The van der Waals surface area contributed by atoms with E-state index in [1.165, 1.54) is 5.56 Å². The standard InChI is InChI=1S/C38H41N7O5/c1-27-9-11-28(12-10-27)26-40-35(48)30-13-15-31(16-14-30)41-37-43-36(44-38(45-37)42-32-17-19-33(46)20-18-32)39-21-23-50-25-24-49-22-5-8-34(47)29-6-3-2-4-7-29/h2-4,6-7,9-20,46H,5,8,21-26H2,1H3,(H,40,48)(H3,39,41,42,43,44,45). The SMILES string of the molecule is Cc1ccc(CNC(=O)c2ccc(Nc3nc(NCCOCCOCCCC(=O)c4ccccc4)nc(Nc4ccc(O)cc4)n3)cc2)cc1. The van der Waals surface area contributed by atoms with Crippen LogP contribution < -0.4 is 21.3 Å². The molecule has 4 aromatic carbocycles. The Bertz CT molecular complexity index is 1800. The molecule has 5 N–H and O–H groups in total. The van der Waals surface area contributed by atoms with Gasteiger partial charge in [-0.3, -0.25) is 9.59 Å². The first-order valence-corrected chi connectivity index (χ1v) is 16.4. The average molecular weight is 676 g/mol. The number of phenolic OH excluding ortho intramolecular Hbond substituents is 1. The molecule has 1 amide bonds. The minimum atomic E-state index is -0.173. The Hall–Kier alpha value is -5.85. The number of rotatable bonds is 19. The van der Waals surface area contributed by atoms with Crippen molar-refractivity contribution >= 4 is 40.9 Å². The lowest BCUT2D eigenvalue weighted by Gasteiger charge is -2.12. The molecule has 0 bridgehead atoms. The zero-order chi connectivity index (χ0) is 35.0. The van der Waals surface area contributed by atoms with E-state index < -0.39 is 0 Å². The van der Waals surface area contributed by atoms with Crippen LogP contribution in [0.15, 0.2) is 103 Å². The molecule has 0 radical (unpaired) electrons. The summed E-state index contributed by atoms with van der Waals surface area (Å²) in [6.45, 7) is 4.60. The van der Waals surface area contributed by atoms with Crippen molar-refractivity contribution in [1.29, 1.82) is 0 Å². The van der Waals surface area contributed by atoms with Gasteiger partial charge < -0.3 is 35.8 Å². The Kier molecular flexibility index (Phi) is 13.2. The lowest BCUT2D eigenvalue weighted by Crippen LogP contribution is -2.22. The summed E-state index contributed by atoms with van der Waals surface area (Å²) in [7, 11) is 0. The van der Waals surface area contributed by atoms with Crippen LogP contribution in [0, 0.1) is 6.92 Å². The number of carbonyl (C=O) groups is 2. The molecule has 0 saturated heterocycles. The monoisotopic (exact) mass is 675 g/mol. The van der Waals surface area contributed by atoms with Gasteiger partial charge >= 0.3 is 0 Å². The van der Waals surface area contributed by atoms with E-state index >= 15 is 0 Å². The number of ketones is 1. The van der Waals surface area contributed by atoms with Gasteiger partial charge in [0.1, 0.15) is 5.75 Å². The van der Waals surface area contributed by atoms with E-state index in [0.29, 0.717) is 75.2 Å². The number of carbonyl (C=O) groups excluding carboxylic acids is 2. The van der Waals surface area contributed by atoms with Crippen molar-refractivity contribution in [3.63, 3.8) is 0 Å². The highest BCUT2D eigenvalue weighted by molar-refractivity contribution is 5.96. The van der Waals surface area contributed by atoms with E-state index in [-0.39, 0.29) is 29.3 Å². The molecule has 12 heteroatoms. The second kappa shape index (κ2) is 18.6. The van der Waals surface area contributed by atoms with Crippen molar-refractivity contribution in [2.75, 3.05) is 48.9 Å². The van der Waals surface area contributed by atoms with Crippen LogP contribution in [0.3, 0.4) is 0 Å². The molecule has 0 aliphatic carbocycles. The molecule has 5 aromatic rings. The molecule has 0 unspecified atom stereocenters. The summed E-state index contributed by atoms with van der Waals surface area (Å²) < 4.78 is 11.3. The van der Waals surface area contributed by atoms with Gasteiger partial charge in [0.25, 0.3) is 5.91 Å². The highest BCUT2D eigenvalue weighted by atomic mass is 16.5. The maximum atomic E-state index is 12.7. The van der Waals surface area contributed by atoms with Gasteiger partial charge in [0, 0.05) is 48.6 Å². The molecule has 1 heterocycles. The predicted octanol–water partition coefficient (Wildman–Crippen LogP) is 6.41. The van der Waals surface area contributed by atoms with Crippen LogP contribution in [0.2, 0.25) is 0 Å². The number of amides is 1. The molecule has 50 heavy (non-hydrogen) atoms. The number of Topliss-reactive ketones (excluding diaryl/α,β-unsaturated/α-hetero) is 1. The largest absolute Gasteiger partial charge is 0.508 e. The summed E-state index contributed by atoms with van der Waals surface area (Å²) in [5.74, 6) is 0.962. The molecule has 0 aliphatic heterocycles. The lowest BCUT2D eigenvalue weighted by molar-refractivity contribution is 0.0497. The van der Waals surface area contributed by atoms with E-state index in [0.717, 1.165) is 11.1 Å². The van der Waals surface area contributed by atoms with Crippen LogP contribution in [0.1, 0.15) is 44.7 Å². The molecule has 258 valence electrons. The number of benzene rings is 4. The number of phenols is 1. The van der Waals surface area contributed by atoms with Crippen LogP contribution in [-0.4, -0.2) is 64.7 Å². The van der Waals surface area contributed by atoms with E-state index in [1.54, 1.807) is 48.5 Å². The number of nitrogens with one attached hydrogen (secondary N) is 4. The van der Waals surface area contributed by atoms with Gasteiger partial charge in [-0.05, 0) is 67.4 Å². The van der Waals surface area contributed by atoms with E-state index in [9.17, 15) is 14.7 Å². The van der Waals surface area contributed by atoms with Crippen LogP contribution in [0.25, 0.3) is 0 Å². The number of aromatic hydroxyl groups is 1. The Morgan fingerprint density at radius 1 is 0.660 bits per heavy atom. The molecule has 0 aliphatic rings. The topological polar surface area (TPSA) is 160 Å². The van der Waals surface area contributed by atoms with Gasteiger partial charge in [-0.25, -0.2) is 0 Å². The number of aryl methyl sites for hydroxylation is 1. The fourth-order valence-electron chi connectivity index (χ4n) is 4.73. The summed E-state index contributed by atoms with van der Waals surface area (Å²) in [6.07, 6.45) is 1.10. The molecule has 0 fully saturated rings. The second-order valence-electron chi connectivity index (χ2n) is 11.4. The van der Waals surface area contributed by atoms with Crippen LogP contribution in [0.5, 0.6) is 5.75 Å². The van der Waals surface area contributed by atoms with Crippen molar-refractivity contribution in [2.24, 2.45) is 0 Å². The third-order valence-corrected chi connectivity index (χ3v) is 7.43. The highest BCUT2D eigenvalue weighted by Crippen LogP contribution is 2.21. The Balaban J connectivity index is 1.09. The molecular formula is C38H41N7O5. The fourth-order valence-corrected chi connectivity index (χ4v) is 4.73. The van der Waals surface area contributed by atoms with Gasteiger partial charge in [0.15, 0.2) is 5.78 Å². The summed E-state index contributed by atoms with van der Waals surface area (Å²) in [4.78, 5) is 38.4. The highest BCUT2D eigenvalue weighted by Gasteiger charge is 2.10. The first kappa shape index (κ1) is 35.5. The Morgan fingerprint density at radius 2 is 1.26 bits per heavy atom. The normalized spacial score (nSPS) is 10.7. The Labute approximate surface area is 291 Å². The van der Waals surface area contributed by atoms with Gasteiger partial charge in [-0.15, -0.1) is 0 Å². The van der Waals surface area contributed by atoms with Gasteiger partial charge in [0.2, 0.25) is 17.8 Å². The van der Waals surface area contributed by atoms with Gasteiger partial charge in [-0.1, -0.05) is 60.2 Å². The third-order valence-electron chi connectivity index (χ3n) is 7.43. The minimum absolute atomic E-state index is 0.113. The van der Waals surface area contributed by atoms with Crippen molar-refractivity contribution in [1.82, 2.24) is 20.3 Å². The maximum absolute atomic E-state index is 12.7. The summed E-state index contributed by atoms with van der Waals surface area (Å²) in [6, 6.07) is 30.8. The van der Waals surface area contributed by atoms with Crippen molar-refractivity contribution in [3.05, 3.63) is 125 Å². The summed E-state index contributed by atoms with van der Waals surface area (Å²) >= 11 is 0. The van der Waals surface area contributed by atoms with Crippen molar-refractivity contribution < 1.29 is 24.2 Å². The van der Waals surface area contributed by atoms with Crippen LogP contribution >= 0.6 is 0 Å². The molecule has 0 saturated carbocycles. The number of hydrogen-bond acceptors (Lipinski definition) is 11. The van der Waals surface area contributed by atoms with Crippen molar-refractivity contribution in [2.45, 2.75) is 26.3 Å². The number of nitrogens with zero attached hydrogens (tertiary/aromatic N) is 3. The number of hydrogen-bond donors (Lipinski definition) is 5. The molecule has 0 atom stereocenters. The molecule has 5 rings (SSSR count). The molecule has 0 spiro atoms. The van der Waals surface area contributed by atoms with Gasteiger partial charge in [0.05, 0.1) is 19.8 Å². The zero-order valence-electron chi connectivity index (χ0n) is 27.9.